The summed E-state index contributed by atoms with van der Waals surface area (Å²) in [5, 5.41) is 14.2. The standard InChI is InChI=1S/C22H22N6S/c1-16-24-18(15-29-16)14-27-9-11-28(12-10-27)22-25-21(13-23-26-22)20-8-4-6-17-5-2-3-7-19(17)20/h2-8,13,15H,9-12,14H2,1H3. The van der Waals surface area contributed by atoms with Crippen molar-refractivity contribution >= 4 is 28.1 Å². The first-order chi connectivity index (χ1) is 14.3. The van der Waals surface area contributed by atoms with Crippen molar-refractivity contribution in [1.82, 2.24) is 25.1 Å². The highest BCUT2D eigenvalue weighted by molar-refractivity contribution is 7.09. The fourth-order valence-corrected chi connectivity index (χ4v) is 4.43. The molecule has 29 heavy (non-hydrogen) atoms. The molecule has 7 heteroatoms. The Kier molecular flexibility index (Phi) is 4.91. The molecule has 1 saturated heterocycles. The maximum Gasteiger partial charge on any atom is 0.245 e. The molecule has 0 saturated carbocycles. The van der Waals surface area contributed by atoms with Gasteiger partial charge in [0.2, 0.25) is 5.95 Å². The third-order valence-corrected chi connectivity index (χ3v) is 6.14. The predicted octanol–water partition coefficient (Wildman–Crippen LogP) is 3.78. The molecule has 146 valence electrons. The van der Waals surface area contributed by atoms with E-state index in [9.17, 15) is 0 Å². The van der Waals surface area contributed by atoms with Gasteiger partial charge in [0.25, 0.3) is 0 Å². The van der Waals surface area contributed by atoms with Crippen LogP contribution in [0.25, 0.3) is 22.0 Å². The highest BCUT2D eigenvalue weighted by Gasteiger charge is 2.20. The van der Waals surface area contributed by atoms with Gasteiger partial charge in [-0.05, 0) is 17.7 Å². The van der Waals surface area contributed by atoms with E-state index >= 15 is 0 Å². The molecule has 0 unspecified atom stereocenters. The minimum absolute atomic E-state index is 0.708. The average molecular weight is 403 g/mol. The Bertz CT molecular complexity index is 1130. The predicted molar refractivity (Wildman–Crippen MR) is 117 cm³/mol. The van der Waals surface area contributed by atoms with Crippen molar-refractivity contribution in [2.75, 3.05) is 31.1 Å². The number of benzene rings is 2. The van der Waals surface area contributed by atoms with E-state index in [1.807, 2.05) is 0 Å². The van der Waals surface area contributed by atoms with E-state index in [0.717, 1.165) is 54.7 Å². The van der Waals surface area contributed by atoms with Gasteiger partial charge in [0.1, 0.15) is 0 Å². The molecule has 0 radical (unpaired) electrons. The normalized spacial score (nSPS) is 15.1. The van der Waals surface area contributed by atoms with Gasteiger partial charge in [-0.15, -0.1) is 16.4 Å². The molecule has 1 aliphatic rings. The molecule has 2 aromatic heterocycles. The molecule has 1 fully saturated rings. The van der Waals surface area contributed by atoms with Crippen molar-refractivity contribution in [3.63, 3.8) is 0 Å². The molecule has 0 aliphatic carbocycles. The van der Waals surface area contributed by atoms with E-state index in [2.05, 4.69) is 79.7 Å². The zero-order valence-corrected chi connectivity index (χ0v) is 17.1. The van der Waals surface area contributed by atoms with E-state index < -0.39 is 0 Å². The Labute approximate surface area is 173 Å². The van der Waals surface area contributed by atoms with Gasteiger partial charge in [0.05, 0.1) is 22.6 Å². The summed E-state index contributed by atoms with van der Waals surface area (Å²) in [6.45, 7) is 6.69. The van der Waals surface area contributed by atoms with Crippen LogP contribution in [-0.4, -0.2) is 51.2 Å². The summed E-state index contributed by atoms with van der Waals surface area (Å²) >= 11 is 1.71. The van der Waals surface area contributed by atoms with Gasteiger partial charge in [-0.3, -0.25) is 4.90 Å². The molecule has 3 heterocycles. The highest BCUT2D eigenvalue weighted by Crippen LogP contribution is 2.27. The zero-order valence-electron chi connectivity index (χ0n) is 16.3. The van der Waals surface area contributed by atoms with Gasteiger partial charge in [-0.25, -0.2) is 9.97 Å². The van der Waals surface area contributed by atoms with Crippen LogP contribution in [0.2, 0.25) is 0 Å². The monoisotopic (exact) mass is 402 g/mol. The van der Waals surface area contributed by atoms with Crippen LogP contribution in [0.3, 0.4) is 0 Å². The summed E-state index contributed by atoms with van der Waals surface area (Å²) in [5.41, 5.74) is 3.13. The van der Waals surface area contributed by atoms with Gasteiger partial charge in [0.15, 0.2) is 0 Å². The maximum absolute atomic E-state index is 4.85. The minimum atomic E-state index is 0.708. The first kappa shape index (κ1) is 18.1. The third kappa shape index (κ3) is 3.83. The summed E-state index contributed by atoms with van der Waals surface area (Å²) in [6, 6.07) is 14.7. The Morgan fingerprint density at radius 2 is 1.79 bits per heavy atom. The number of hydrogen-bond donors (Lipinski definition) is 0. The number of nitrogens with zero attached hydrogens (tertiary/aromatic N) is 6. The van der Waals surface area contributed by atoms with Crippen molar-refractivity contribution in [2.24, 2.45) is 0 Å². The first-order valence-electron chi connectivity index (χ1n) is 9.82. The van der Waals surface area contributed by atoms with Crippen molar-refractivity contribution in [1.29, 1.82) is 0 Å². The molecule has 5 rings (SSSR count). The lowest BCUT2D eigenvalue weighted by molar-refractivity contribution is 0.246. The van der Waals surface area contributed by atoms with Crippen molar-refractivity contribution in [3.8, 4) is 11.3 Å². The number of anilines is 1. The topological polar surface area (TPSA) is 58.0 Å². The van der Waals surface area contributed by atoms with Crippen LogP contribution >= 0.6 is 11.3 Å². The van der Waals surface area contributed by atoms with Crippen LogP contribution in [0.15, 0.2) is 54.0 Å². The van der Waals surface area contributed by atoms with E-state index in [0.29, 0.717) is 5.95 Å². The van der Waals surface area contributed by atoms with Gasteiger partial charge in [0, 0.05) is 43.7 Å². The second-order valence-electron chi connectivity index (χ2n) is 7.29. The summed E-state index contributed by atoms with van der Waals surface area (Å²) < 4.78 is 0. The molecular formula is C22H22N6S. The number of hydrogen-bond acceptors (Lipinski definition) is 7. The molecular weight excluding hydrogens is 380 g/mol. The van der Waals surface area contributed by atoms with E-state index in [4.69, 9.17) is 4.98 Å². The smallest absolute Gasteiger partial charge is 0.245 e. The van der Waals surface area contributed by atoms with Gasteiger partial charge in [-0.2, -0.15) is 5.10 Å². The molecule has 4 aromatic rings. The van der Waals surface area contributed by atoms with Crippen LogP contribution in [0.1, 0.15) is 10.7 Å². The van der Waals surface area contributed by atoms with Crippen molar-refractivity contribution in [2.45, 2.75) is 13.5 Å². The lowest BCUT2D eigenvalue weighted by Crippen LogP contribution is -2.46. The number of fused-ring (bicyclic) bond motifs is 1. The van der Waals surface area contributed by atoms with E-state index in [-0.39, 0.29) is 0 Å². The highest BCUT2D eigenvalue weighted by atomic mass is 32.1. The van der Waals surface area contributed by atoms with Crippen molar-refractivity contribution in [3.05, 3.63) is 64.7 Å². The van der Waals surface area contributed by atoms with Gasteiger partial charge >= 0.3 is 0 Å². The summed E-state index contributed by atoms with van der Waals surface area (Å²) in [5.74, 6) is 0.708. The van der Waals surface area contributed by atoms with Crippen LogP contribution in [-0.2, 0) is 6.54 Å². The fraction of sp³-hybridized carbons (Fsp3) is 0.273. The number of piperazine rings is 1. The van der Waals surface area contributed by atoms with Crippen LogP contribution in [0.4, 0.5) is 5.95 Å². The Hall–Kier alpha value is -2.90. The number of aromatic nitrogens is 4. The summed E-state index contributed by atoms with van der Waals surface area (Å²) in [6.07, 6.45) is 1.76. The lowest BCUT2D eigenvalue weighted by Gasteiger charge is -2.34. The molecule has 0 atom stereocenters. The van der Waals surface area contributed by atoms with Crippen molar-refractivity contribution < 1.29 is 0 Å². The third-order valence-electron chi connectivity index (χ3n) is 5.32. The molecule has 0 N–H and O–H groups in total. The van der Waals surface area contributed by atoms with Gasteiger partial charge in [-0.1, -0.05) is 42.5 Å². The molecule has 1 aliphatic heterocycles. The number of aryl methyl sites for hydroxylation is 1. The maximum atomic E-state index is 4.85. The Morgan fingerprint density at radius 3 is 2.62 bits per heavy atom. The molecule has 2 aromatic carbocycles. The fourth-order valence-electron chi connectivity index (χ4n) is 3.82. The summed E-state index contributed by atoms with van der Waals surface area (Å²) in [7, 11) is 0. The van der Waals surface area contributed by atoms with E-state index in [1.54, 1.807) is 17.5 Å². The van der Waals surface area contributed by atoms with Crippen LogP contribution in [0, 0.1) is 6.92 Å². The second-order valence-corrected chi connectivity index (χ2v) is 8.35. The Morgan fingerprint density at radius 1 is 0.966 bits per heavy atom. The average Bonchev–Trinajstić information content (AvgIpc) is 3.18. The zero-order chi connectivity index (χ0) is 19.6. The van der Waals surface area contributed by atoms with Crippen LogP contribution in [0.5, 0.6) is 0 Å². The molecule has 0 spiro atoms. The first-order valence-corrected chi connectivity index (χ1v) is 10.7. The molecule has 6 nitrogen and oxygen atoms in total. The minimum Gasteiger partial charge on any atom is -0.337 e. The number of rotatable bonds is 4. The SMILES string of the molecule is Cc1nc(CN2CCN(c3nncc(-c4cccc5ccccc45)n3)CC2)cs1. The lowest BCUT2D eigenvalue weighted by atomic mass is 10.0. The quantitative estimate of drug-likeness (QED) is 0.518. The number of thiazole rings is 1. The largest absolute Gasteiger partial charge is 0.337 e. The van der Waals surface area contributed by atoms with Gasteiger partial charge < -0.3 is 4.90 Å². The Balaban J connectivity index is 1.33. The second kappa shape index (κ2) is 7.85. The van der Waals surface area contributed by atoms with Crippen LogP contribution < -0.4 is 4.90 Å². The summed E-state index contributed by atoms with van der Waals surface area (Å²) in [4.78, 5) is 14.1. The molecule has 0 bridgehead atoms. The molecule has 0 amide bonds. The van der Waals surface area contributed by atoms with E-state index in [1.165, 1.54) is 10.8 Å².